The van der Waals surface area contributed by atoms with E-state index in [1.165, 1.54) is 19.1 Å². The lowest BCUT2D eigenvalue weighted by Crippen LogP contribution is -2.50. The molecule has 0 aliphatic heterocycles. The summed E-state index contributed by atoms with van der Waals surface area (Å²) in [5, 5.41) is 2.54. The molecule has 0 unspecified atom stereocenters. The maximum Gasteiger partial charge on any atom is 0.244 e. The number of benzene rings is 2. The Morgan fingerprint density at radius 2 is 1.71 bits per heavy atom. The zero-order valence-corrected chi connectivity index (χ0v) is 19.3. The van der Waals surface area contributed by atoms with Gasteiger partial charge in [0.05, 0.1) is 19.1 Å². The van der Waals surface area contributed by atoms with Gasteiger partial charge in [0.1, 0.15) is 18.3 Å². The number of amides is 2. The van der Waals surface area contributed by atoms with E-state index in [1.807, 2.05) is 31.2 Å². The van der Waals surface area contributed by atoms with Gasteiger partial charge in [0.15, 0.2) is 0 Å². The first-order valence-electron chi connectivity index (χ1n) is 9.75. The fourth-order valence-corrected chi connectivity index (χ4v) is 3.97. The predicted octanol–water partition coefficient (Wildman–Crippen LogP) is 1.93. The number of nitrogens with one attached hydrogen (secondary N) is 1. The molecule has 2 aromatic rings. The zero-order valence-electron chi connectivity index (χ0n) is 18.5. The highest BCUT2D eigenvalue weighted by Crippen LogP contribution is 2.29. The standard InChI is InChI=1S/C22H29N3O5S/c1-16-10-12-18(13-11-16)14-24(17(2)22(27)23-3)21(26)15-25(31(5,28)29)19-8-6-7-9-20(19)30-4/h6-13,17H,14-15H2,1-5H3,(H,23,27)/t17-/m0/s1. The van der Waals surface area contributed by atoms with Gasteiger partial charge < -0.3 is 15.0 Å². The van der Waals surface area contributed by atoms with Crippen molar-refractivity contribution >= 4 is 27.5 Å². The number of para-hydroxylation sites is 2. The normalized spacial score (nSPS) is 12.0. The highest BCUT2D eigenvalue weighted by Gasteiger charge is 2.30. The SMILES string of the molecule is CNC(=O)[C@H](C)N(Cc1ccc(C)cc1)C(=O)CN(c1ccccc1OC)S(C)(=O)=O. The first-order valence-corrected chi connectivity index (χ1v) is 11.6. The summed E-state index contributed by atoms with van der Waals surface area (Å²) >= 11 is 0. The Morgan fingerprint density at radius 1 is 1.10 bits per heavy atom. The minimum absolute atomic E-state index is 0.164. The lowest BCUT2D eigenvalue weighted by Gasteiger charge is -2.31. The second-order valence-corrected chi connectivity index (χ2v) is 9.15. The van der Waals surface area contributed by atoms with E-state index in [4.69, 9.17) is 4.74 Å². The van der Waals surface area contributed by atoms with Crippen molar-refractivity contribution in [1.82, 2.24) is 10.2 Å². The largest absolute Gasteiger partial charge is 0.495 e. The van der Waals surface area contributed by atoms with Crippen LogP contribution in [0.5, 0.6) is 5.75 Å². The fourth-order valence-electron chi connectivity index (χ4n) is 3.11. The van der Waals surface area contributed by atoms with E-state index < -0.39 is 28.5 Å². The molecule has 1 atom stereocenters. The van der Waals surface area contributed by atoms with E-state index in [1.54, 1.807) is 31.2 Å². The number of hydrogen-bond acceptors (Lipinski definition) is 5. The first-order chi connectivity index (χ1) is 14.6. The van der Waals surface area contributed by atoms with Crippen LogP contribution in [0.25, 0.3) is 0 Å². The molecule has 0 aliphatic rings. The van der Waals surface area contributed by atoms with Crippen LogP contribution < -0.4 is 14.4 Å². The third-order valence-electron chi connectivity index (χ3n) is 4.92. The topological polar surface area (TPSA) is 96.0 Å². The molecule has 0 fully saturated rings. The third kappa shape index (κ3) is 6.21. The number of sulfonamides is 1. The van der Waals surface area contributed by atoms with Crippen molar-refractivity contribution in [3.05, 3.63) is 59.7 Å². The van der Waals surface area contributed by atoms with Crippen LogP contribution in [0.4, 0.5) is 5.69 Å². The lowest BCUT2D eigenvalue weighted by atomic mass is 10.1. The van der Waals surface area contributed by atoms with Gasteiger partial charge in [-0.05, 0) is 31.5 Å². The number of likely N-dealkylation sites (N-methyl/N-ethyl adjacent to an activating group) is 1. The number of rotatable bonds is 9. The van der Waals surface area contributed by atoms with Crippen LogP contribution in [-0.2, 0) is 26.2 Å². The monoisotopic (exact) mass is 447 g/mol. The first kappa shape index (κ1) is 24.2. The molecule has 0 radical (unpaired) electrons. The molecule has 8 nitrogen and oxygen atoms in total. The summed E-state index contributed by atoms with van der Waals surface area (Å²) in [5.41, 5.74) is 2.15. The quantitative estimate of drug-likeness (QED) is 0.634. The maximum atomic E-state index is 13.3. The van der Waals surface area contributed by atoms with Crippen LogP contribution in [0, 0.1) is 6.92 Å². The van der Waals surface area contributed by atoms with Crippen LogP contribution in [0.2, 0.25) is 0 Å². The molecule has 0 saturated heterocycles. The molecule has 9 heteroatoms. The lowest BCUT2D eigenvalue weighted by molar-refractivity contribution is -0.139. The number of aryl methyl sites for hydroxylation is 1. The second kappa shape index (κ2) is 10.3. The molecule has 0 aliphatic carbocycles. The Labute approximate surface area is 183 Å². The van der Waals surface area contributed by atoms with E-state index in [9.17, 15) is 18.0 Å². The molecule has 0 saturated carbocycles. The van der Waals surface area contributed by atoms with Crippen LogP contribution >= 0.6 is 0 Å². The van der Waals surface area contributed by atoms with Crippen molar-refractivity contribution in [2.45, 2.75) is 26.4 Å². The smallest absolute Gasteiger partial charge is 0.244 e. The Kier molecular flexibility index (Phi) is 8.04. The molecule has 2 rings (SSSR count). The molecule has 31 heavy (non-hydrogen) atoms. The molecule has 2 amide bonds. The summed E-state index contributed by atoms with van der Waals surface area (Å²) in [5.74, 6) is -0.526. The highest BCUT2D eigenvalue weighted by molar-refractivity contribution is 7.92. The van der Waals surface area contributed by atoms with Gasteiger partial charge in [-0.25, -0.2) is 8.42 Å². The van der Waals surface area contributed by atoms with Crippen molar-refractivity contribution in [2.24, 2.45) is 0 Å². The van der Waals surface area contributed by atoms with Crippen molar-refractivity contribution in [3.8, 4) is 5.75 Å². The number of anilines is 1. The summed E-state index contributed by atoms with van der Waals surface area (Å²) in [7, 11) is -0.884. The van der Waals surface area contributed by atoms with Crippen molar-refractivity contribution < 1.29 is 22.7 Å². The van der Waals surface area contributed by atoms with Gasteiger partial charge >= 0.3 is 0 Å². The molecule has 0 bridgehead atoms. The van der Waals surface area contributed by atoms with Crippen molar-refractivity contribution in [1.29, 1.82) is 0 Å². The molecular weight excluding hydrogens is 418 g/mol. The maximum absolute atomic E-state index is 13.3. The Balaban J connectivity index is 2.41. The molecule has 168 valence electrons. The highest BCUT2D eigenvalue weighted by atomic mass is 32.2. The number of methoxy groups -OCH3 is 1. The average molecular weight is 448 g/mol. The Bertz CT molecular complexity index is 1020. The summed E-state index contributed by atoms with van der Waals surface area (Å²) in [6.45, 7) is 3.26. The summed E-state index contributed by atoms with van der Waals surface area (Å²) in [6.07, 6.45) is 1.03. The van der Waals surface area contributed by atoms with Crippen molar-refractivity contribution in [2.75, 3.05) is 31.3 Å². The van der Waals surface area contributed by atoms with Gasteiger partial charge in [0.25, 0.3) is 0 Å². The molecule has 0 heterocycles. The van der Waals surface area contributed by atoms with Gasteiger partial charge in [-0.15, -0.1) is 0 Å². The Hall–Kier alpha value is -3.07. The van der Waals surface area contributed by atoms with E-state index >= 15 is 0 Å². The van der Waals surface area contributed by atoms with E-state index in [-0.39, 0.29) is 18.1 Å². The van der Waals surface area contributed by atoms with Crippen LogP contribution in [0.1, 0.15) is 18.1 Å². The molecule has 2 aromatic carbocycles. The third-order valence-corrected chi connectivity index (χ3v) is 6.05. The van der Waals surface area contributed by atoms with Gasteiger partial charge in [-0.2, -0.15) is 0 Å². The van der Waals surface area contributed by atoms with Crippen molar-refractivity contribution in [3.63, 3.8) is 0 Å². The minimum Gasteiger partial charge on any atom is -0.495 e. The number of hydrogen-bond donors (Lipinski definition) is 1. The van der Waals surface area contributed by atoms with E-state index in [0.29, 0.717) is 5.75 Å². The molecule has 0 spiro atoms. The number of nitrogens with zero attached hydrogens (tertiary/aromatic N) is 2. The zero-order chi connectivity index (χ0) is 23.2. The molecule has 0 aromatic heterocycles. The number of carbonyl (C=O) groups excluding carboxylic acids is 2. The predicted molar refractivity (Wildman–Crippen MR) is 120 cm³/mol. The summed E-state index contributed by atoms with van der Waals surface area (Å²) in [4.78, 5) is 27.0. The van der Waals surface area contributed by atoms with E-state index in [0.717, 1.165) is 21.7 Å². The number of carbonyl (C=O) groups is 2. The van der Waals surface area contributed by atoms with Gasteiger partial charge in [0.2, 0.25) is 21.8 Å². The Morgan fingerprint density at radius 3 is 2.26 bits per heavy atom. The second-order valence-electron chi connectivity index (χ2n) is 7.24. The number of ether oxygens (including phenoxy) is 1. The summed E-state index contributed by atoms with van der Waals surface area (Å²) < 4.78 is 31.3. The van der Waals surface area contributed by atoms with Crippen LogP contribution in [0.15, 0.2) is 48.5 Å². The van der Waals surface area contributed by atoms with Crippen LogP contribution in [0.3, 0.4) is 0 Å². The van der Waals surface area contributed by atoms with Gasteiger partial charge in [0, 0.05) is 13.6 Å². The van der Waals surface area contributed by atoms with Crippen LogP contribution in [-0.4, -0.2) is 58.1 Å². The summed E-state index contributed by atoms with van der Waals surface area (Å²) in [6, 6.07) is 13.4. The van der Waals surface area contributed by atoms with E-state index in [2.05, 4.69) is 5.32 Å². The molecular formula is C22H29N3O5S. The molecule has 1 N–H and O–H groups in total. The minimum atomic E-state index is -3.80. The van der Waals surface area contributed by atoms with Gasteiger partial charge in [-0.3, -0.25) is 13.9 Å². The average Bonchev–Trinajstić information content (AvgIpc) is 2.75. The van der Waals surface area contributed by atoms with Gasteiger partial charge in [-0.1, -0.05) is 42.0 Å². The fraction of sp³-hybridized carbons (Fsp3) is 0.364.